The fourth-order valence-electron chi connectivity index (χ4n) is 3.55. The lowest BCUT2D eigenvalue weighted by atomic mass is 10.2. The number of nitrogen functional groups attached to an aromatic ring is 1. The van der Waals surface area contributed by atoms with Crippen molar-refractivity contribution in [3.63, 3.8) is 0 Å². The standard InChI is InChI=1S/C15H16N4O4.2C7H6O2/c16-14-17-9-19(15(21)18-14)12-7-6-11(23-12)8-22-13(20)10-4-2-1-3-5-10;2*8-7(9)6-4-2-1-3-5-6/h1-5,9,11-12H,6-8H2,(H2,16,18,21);2*1-5H,(H,8,9). The van der Waals surface area contributed by atoms with Gasteiger partial charge in [0, 0.05) is 0 Å². The molecule has 0 saturated carbocycles. The maximum atomic E-state index is 11.9. The van der Waals surface area contributed by atoms with Gasteiger partial charge >= 0.3 is 23.6 Å². The topological polar surface area (TPSA) is 184 Å². The van der Waals surface area contributed by atoms with Gasteiger partial charge in [0.05, 0.1) is 22.8 Å². The van der Waals surface area contributed by atoms with Gasteiger partial charge in [0.25, 0.3) is 0 Å². The first-order valence-corrected chi connectivity index (χ1v) is 12.4. The first-order chi connectivity index (χ1) is 19.7. The Balaban J connectivity index is 0.000000210. The highest BCUT2D eigenvalue weighted by molar-refractivity contribution is 5.89. The van der Waals surface area contributed by atoms with E-state index in [0.717, 1.165) is 0 Å². The lowest BCUT2D eigenvalue weighted by Crippen LogP contribution is -2.29. The summed E-state index contributed by atoms with van der Waals surface area (Å²) in [5.74, 6) is -2.23. The highest BCUT2D eigenvalue weighted by atomic mass is 16.6. The van der Waals surface area contributed by atoms with Gasteiger partial charge in [-0.2, -0.15) is 4.98 Å². The number of esters is 1. The molecule has 212 valence electrons. The predicted octanol–water partition coefficient (Wildman–Crippen LogP) is 3.52. The molecule has 1 saturated heterocycles. The van der Waals surface area contributed by atoms with Crippen LogP contribution >= 0.6 is 0 Å². The van der Waals surface area contributed by atoms with Crippen molar-refractivity contribution in [1.82, 2.24) is 14.5 Å². The second-order valence-corrected chi connectivity index (χ2v) is 8.50. The third kappa shape index (κ3) is 9.71. The largest absolute Gasteiger partial charge is 0.478 e. The van der Waals surface area contributed by atoms with Crippen LogP contribution in [0.3, 0.4) is 0 Å². The van der Waals surface area contributed by atoms with Crippen molar-refractivity contribution in [2.24, 2.45) is 0 Å². The van der Waals surface area contributed by atoms with Gasteiger partial charge in [-0.05, 0) is 49.2 Å². The number of carboxylic acids is 2. The smallest absolute Gasteiger partial charge is 0.354 e. The fourth-order valence-corrected chi connectivity index (χ4v) is 3.55. The number of carbonyl (C=O) groups is 3. The van der Waals surface area contributed by atoms with Crippen LogP contribution in [0.5, 0.6) is 0 Å². The highest BCUT2D eigenvalue weighted by Crippen LogP contribution is 2.27. The molecule has 2 heterocycles. The lowest BCUT2D eigenvalue weighted by molar-refractivity contribution is -0.0343. The first-order valence-electron chi connectivity index (χ1n) is 12.4. The summed E-state index contributed by atoms with van der Waals surface area (Å²) in [4.78, 5) is 51.4. The molecule has 0 radical (unpaired) electrons. The van der Waals surface area contributed by atoms with Gasteiger partial charge in [-0.1, -0.05) is 54.6 Å². The number of anilines is 1. The predicted molar refractivity (Wildman–Crippen MR) is 147 cm³/mol. The van der Waals surface area contributed by atoms with Gasteiger partial charge < -0.3 is 25.4 Å². The van der Waals surface area contributed by atoms with Gasteiger partial charge in [0.1, 0.15) is 19.2 Å². The molecule has 0 aliphatic carbocycles. The molecule has 3 aromatic carbocycles. The molecule has 12 nitrogen and oxygen atoms in total. The Bertz CT molecular complexity index is 1430. The van der Waals surface area contributed by atoms with Crippen molar-refractivity contribution >= 4 is 23.9 Å². The second-order valence-electron chi connectivity index (χ2n) is 8.50. The van der Waals surface area contributed by atoms with E-state index in [4.69, 9.17) is 25.4 Å². The Hall–Kier alpha value is -5.36. The third-order valence-electron chi connectivity index (χ3n) is 5.59. The molecule has 12 heteroatoms. The van der Waals surface area contributed by atoms with Gasteiger partial charge in [-0.25, -0.2) is 24.2 Å². The summed E-state index contributed by atoms with van der Waals surface area (Å²) in [6, 6.07) is 25.3. The van der Waals surface area contributed by atoms with Crippen LogP contribution in [0.2, 0.25) is 0 Å². The number of carboxylic acid groups (broad SMARTS) is 2. The lowest BCUT2D eigenvalue weighted by Gasteiger charge is -2.15. The van der Waals surface area contributed by atoms with Crippen LogP contribution in [-0.4, -0.2) is 55.4 Å². The summed E-state index contributed by atoms with van der Waals surface area (Å²) in [6.45, 7) is 0.134. The molecule has 0 amide bonds. The minimum Gasteiger partial charge on any atom is -0.478 e. The molecular formula is C29H28N4O8. The third-order valence-corrected chi connectivity index (χ3v) is 5.59. The minimum atomic E-state index is -0.879. The SMILES string of the molecule is Nc1ncn(C2CCC(COC(=O)c3ccccc3)O2)c(=O)n1.O=C(O)c1ccccc1.O=C(O)c1ccccc1. The number of aromatic nitrogens is 3. The zero-order valence-corrected chi connectivity index (χ0v) is 21.8. The van der Waals surface area contributed by atoms with E-state index in [0.29, 0.717) is 29.5 Å². The number of carbonyl (C=O) groups excluding carboxylic acids is 1. The number of benzene rings is 3. The van der Waals surface area contributed by atoms with Crippen LogP contribution < -0.4 is 11.4 Å². The van der Waals surface area contributed by atoms with E-state index in [2.05, 4.69) is 9.97 Å². The molecule has 1 aliphatic heterocycles. The molecule has 2 atom stereocenters. The Kier molecular flexibility index (Phi) is 11.3. The van der Waals surface area contributed by atoms with E-state index in [1.807, 2.05) is 6.07 Å². The van der Waals surface area contributed by atoms with E-state index in [-0.39, 0.29) is 18.7 Å². The van der Waals surface area contributed by atoms with Crippen LogP contribution in [0.4, 0.5) is 5.95 Å². The molecule has 5 rings (SSSR count). The number of hydrogen-bond acceptors (Lipinski definition) is 9. The van der Waals surface area contributed by atoms with Crippen LogP contribution in [0.25, 0.3) is 0 Å². The van der Waals surface area contributed by atoms with Gasteiger partial charge in [0.15, 0.2) is 0 Å². The number of aromatic carboxylic acids is 2. The van der Waals surface area contributed by atoms with Crippen LogP contribution in [0.15, 0.2) is 102 Å². The normalized spacial score (nSPS) is 15.3. The fraction of sp³-hybridized carbons (Fsp3) is 0.172. The molecule has 1 fully saturated rings. The molecule has 1 aliphatic rings. The highest BCUT2D eigenvalue weighted by Gasteiger charge is 2.28. The average Bonchev–Trinajstić information content (AvgIpc) is 3.46. The molecule has 4 aromatic rings. The van der Waals surface area contributed by atoms with Crippen molar-refractivity contribution in [2.75, 3.05) is 12.3 Å². The summed E-state index contributed by atoms with van der Waals surface area (Å²) in [5.41, 5.74) is 6.00. The monoisotopic (exact) mass is 560 g/mol. The number of rotatable bonds is 6. The zero-order valence-electron chi connectivity index (χ0n) is 21.8. The van der Waals surface area contributed by atoms with Crippen LogP contribution in [0, 0.1) is 0 Å². The van der Waals surface area contributed by atoms with Crippen LogP contribution in [0.1, 0.15) is 50.1 Å². The van der Waals surface area contributed by atoms with Gasteiger partial charge in [0.2, 0.25) is 5.95 Å². The molecule has 0 bridgehead atoms. The second kappa shape index (κ2) is 15.3. The number of nitrogens with zero attached hydrogens (tertiary/aromatic N) is 3. The van der Waals surface area contributed by atoms with Crippen molar-refractivity contribution < 1.29 is 34.1 Å². The van der Waals surface area contributed by atoms with E-state index in [1.54, 1.807) is 84.9 Å². The minimum absolute atomic E-state index is 0.0717. The maximum Gasteiger partial charge on any atom is 0.354 e. The molecule has 0 spiro atoms. The van der Waals surface area contributed by atoms with Crippen molar-refractivity contribution in [2.45, 2.75) is 25.2 Å². The van der Waals surface area contributed by atoms with Gasteiger partial charge in [-0.3, -0.25) is 4.57 Å². The quantitative estimate of drug-likeness (QED) is 0.293. The van der Waals surface area contributed by atoms with E-state index >= 15 is 0 Å². The first kappa shape index (κ1) is 30.2. The van der Waals surface area contributed by atoms with E-state index in [9.17, 15) is 19.2 Å². The summed E-state index contributed by atoms with van der Waals surface area (Å²) in [7, 11) is 0. The van der Waals surface area contributed by atoms with E-state index < -0.39 is 29.8 Å². The molecule has 1 aromatic heterocycles. The Morgan fingerprint density at radius 3 is 1.76 bits per heavy atom. The molecule has 2 unspecified atom stereocenters. The number of ether oxygens (including phenoxy) is 2. The zero-order chi connectivity index (χ0) is 29.6. The van der Waals surface area contributed by atoms with E-state index in [1.165, 1.54) is 10.9 Å². The van der Waals surface area contributed by atoms with Crippen LogP contribution in [-0.2, 0) is 9.47 Å². The summed E-state index contributed by atoms with van der Waals surface area (Å²) >= 11 is 0. The summed E-state index contributed by atoms with van der Waals surface area (Å²) in [5, 5.41) is 16.8. The van der Waals surface area contributed by atoms with Crippen molar-refractivity contribution in [1.29, 1.82) is 0 Å². The Morgan fingerprint density at radius 1 is 0.829 bits per heavy atom. The molecular weight excluding hydrogens is 532 g/mol. The Labute approximate surface area is 234 Å². The van der Waals surface area contributed by atoms with Crippen molar-refractivity contribution in [3.05, 3.63) is 124 Å². The molecule has 4 N–H and O–H groups in total. The molecule has 41 heavy (non-hydrogen) atoms. The summed E-state index contributed by atoms with van der Waals surface area (Å²) < 4.78 is 12.2. The van der Waals surface area contributed by atoms with Crippen molar-refractivity contribution in [3.8, 4) is 0 Å². The average molecular weight is 561 g/mol. The summed E-state index contributed by atoms with van der Waals surface area (Å²) in [6.07, 6.45) is 1.86. The maximum absolute atomic E-state index is 11.9. The van der Waals surface area contributed by atoms with Gasteiger partial charge in [-0.15, -0.1) is 0 Å². The number of nitrogens with two attached hydrogens (primary N) is 1. The number of hydrogen-bond donors (Lipinski definition) is 3. The Morgan fingerprint density at radius 2 is 1.32 bits per heavy atom.